The van der Waals surface area contributed by atoms with Crippen LogP contribution in [0.1, 0.15) is 38.4 Å². The minimum atomic E-state index is 0.397. The molecule has 1 nitrogen and oxygen atoms in total. The molecule has 18 heavy (non-hydrogen) atoms. The normalized spacial score (nSPS) is 19.8. The second kappa shape index (κ2) is 4.08. The van der Waals surface area contributed by atoms with E-state index in [0.717, 1.165) is 12.3 Å². The molecule has 0 amide bonds. The van der Waals surface area contributed by atoms with Gasteiger partial charge in [0, 0.05) is 17.3 Å². The van der Waals surface area contributed by atoms with Gasteiger partial charge in [0.15, 0.2) is 0 Å². The largest absolute Gasteiger partial charge is 0.260 e. The third-order valence-electron chi connectivity index (χ3n) is 4.40. The molecule has 0 aliphatic heterocycles. The first-order valence-corrected chi connectivity index (χ1v) is 6.91. The SMILES string of the molecule is CC(C)(C)C1CCc2ncc3ccccc3c2C1. The van der Waals surface area contributed by atoms with E-state index in [4.69, 9.17) is 0 Å². The summed E-state index contributed by atoms with van der Waals surface area (Å²) < 4.78 is 0. The van der Waals surface area contributed by atoms with Crippen LogP contribution in [0.2, 0.25) is 0 Å². The summed E-state index contributed by atoms with van der Waals surface area (Å²) in [5, 5.41) is 2.70. The van der Waals surface area contributed by atoms with Crippen molar-refractivity contribution < 1.29 is 0 Å². The predicted octanol–water partition coefficient (Wildman–Crippen LogP) is 4.39. The highest BCUT2D eigenvalue weighted by atomic mass is 14.7. The van der Waals surface area contributed by atoms with Gasteiger partial charge in [-0.2, -0.15) is 0 Å². The maximum Gasteiger partial charge on any atom is 0.0442 e. The van der Waals surface area contributed by atoms with E-state index in [9.17, 15) is 0 Å². The summed E-state index contributed by atoms with van der Waals surface area (Å²) in [7, 11) is 0. The van der Waals surface area contributed by atoms with Crippen LogP contribution < -0.4 is 0 Å². The summed E-state index contributed by atoms with van der Waals surface area (Å²) >= 11 is 0. The maximum atomic E-state index is 4.66. The summed E-state index contributed by atoms with van der Waals surface area (Å²) in [6, 6.07) is 8.66. The molecule has 1 heterocycles. The Bertz CT molecular complexity index is 578. The number of benzene rings is 1. The molecule has 1 aliphatic rings. The van der Waals surface area contributed by atoms with Gasteiger partial charge in [0.25, 0.3) is 0 Å². The Labute approximate surface area is 109 Å². The first-order valence-electron chi connectivity index (χ1n) is 6.91. The van der Waals surface area contributed by atoms with Gasteiger partial charge < -0.3 is 0 Å². The van der Waals surface area contributed by atoms with Crippen molar-refractivity contribution >= 4 is 10.8 Å². The van der Waals surface area contributed by atoms with Crippen molar-refractivity contribution in [2.24, 2.45) is 11.3 Å². The molecule has 1 heteroatoms. The highest BCUT2D eigenvalue weighted by Gasteiger charge is 2.29. The molecule has 0 radical (unpaired) electrons. The van der Waals surface area contributed by atoms with Crippen molar-refractivity contribution in [3.8, 4) is 0 Å². The van der Waals surface area contributed by atoms with Gasteiger partial charge in [0.05, 0.1) is 0 Å². The molecule has 0 saturated carbocycles. The molecular formula is C17H21N. The van der Waals surface area contributed by atoms with Gasteiger partial charge in [0.1, 0.15) is 0 Å². The molecular weight excluding hydrogens is 218 g/mol. The quantitative estimate of drug-likeness (QED) is 0.664. The number of aryl methyl sites for hydroxylation is 1. The number of hydrogen-bond donors (Lipinski definition) is 0. The smallest absolute Gasteiger partial charge is 0.0442 e. The zero-order valence-electron chi connectivity index (χ0n) is 11.5. The Hall–Kier alpha value is -1.37. The van der Waals surface area contributed by atoms with Crippen LogP contribution in [0.15, 0.2) is 30.5 Å². The first-order chi connectivity index (χ1) is 8.55. The van der Waals surface area contributed by atoms with Gasteiger partial charge in [-0.3, -0.25) is 4.98 Å². The van der Waals surface area contributed by atoms with Crippen molar-refractivity contribution in [1.29, 1.82) is 0 Å². The molecule has 0 N–H and O–H groups in total. The molecule has 2 aromatic rings. The van der Waals surface area contributed by atoms with Crippen LogP contribution in [0.5, 0.6) is 0 Å². The molecule has 0 spiro atoms. The zero-order valence-corrected chi connectivity index (χ0v) is 11.5. The molecule has 1 aromatic heterocycles. The molecule has 94 valence electrons. The molecule has 1 unspecified atom stereocenters. The van der Waals surface area contributed by atoms with Crippen molar-refractivity contribution in [3.05, 3.63) is 41.7 Å². The average Bonchev–Trinajstić information content (AvgIpc) is 2.37. The molecule has 0 saturated heterocycles. The Morgan fingerprint density at radius 3 is 2.72 bits per heavy atom. The lowest BCUT2D eigenvalue weighted by atomic mass is 9.71. The van der Waals surface area contributed by atoms with Crippen LogP contribution in [-0.4, -0.2) is 4.98 Å². The molecule has 0 fully saturated rings. The van der Waals surface area contributed by atoms with Crippen LogP contribution in [-0.2, 0) is 12.8 Å². The Morgan fingerprint density at radius 1 is 1.17 bits per heavy atom. The van der Waals surface area contributed by atoms with Gasteiger partial charge in [-0.15, -0.1) is 0 Å². The van der Waals surface area contributed by atoms with E-state index < -0.39 is 0 Å². The van der Waals surface area contributed by atoms with Crippen LogP contribution in [0.25, 0.3) is 10.8 Å². The fraction of sp³-hybridized carbons (Fsp3) is 0.471. The third kappa shape index (κ3) is 1.92. The summed E-state index contributed by atoms with van der Waals surface area (Å²) in [6.45, 7) is 7.09. The summed E-state index contributed by atoms with van der Waals surface area (Å²) in [5.74, 6) is 0.776. The second-order valence-corrected chi connectivity index (χ2v) is 6.58. The van der Waals surface area contributed by atoms with Crippen molar-refractivity contribution in [3.63, 3.8) is 0 Å². The van der Waals surface area contributed by atoms with E-state index in [2.05, 4.69) is 50.0 Å². The number of nitrogens with zero attached hydrogens (tertiary/aromatic N) is 1. The Morgan fingerprint density at radius 2 is 1.94 bits per heavy atom. The monoisotopic (exact) mass is 239 g/mol. The van der Waals surface area contributed by atoms with Gasteiger partial charge in [-0.25, -0.2) is 0 Å². The number of rotatable bonds is 0. The lowest BCUT2D eigenvalue weighted by Crippen LogP contribution is -2.27. The third-order valence-corrected chi connectivity index (χ3v) is 4.40. The summed E-state index contributed by atoms with van der Waals surface area (Å²) in [4.78, 5) is 4.66. The van der Waals surface area contributed by atoms with Gasteiger partial charge in [0.2, 0.25) is 0 Å². The van der Waals surface area contributed by atoms with Gasteiger partial charge in [-0.1, -0.05) is 45.0 Å². The molecule has 0 bridgehead atoms. The van der Waals surface area contributed by atoms with Crippen LogP contribution in [0.3, 0.4) is 0 Å². The molecule has 1 aromatic carbocycles. The van der Waals surface area contributed by atoms with Crippen LogP contribution in [0, 0.1) is 11.3 Å². The number of pyridine rings is 1. The van der Waals surface area contributed by atoms with Gasteiger partial charge >= 0.3 is 0 Å². The standard InChI is InChI=1S/C17H21N/c1-17(2,3)13-8-9-16-15(10-13)14-7-5-4-6-12(14)11-18-16/h4-7,11,13H,8-10H2,1-3H3. The van der Waals surface area contributed by atoms with E-state index in [1.54, 1.807) is 0 Å². The summed E-state index contributed by atoms with van der Waals surface area (Å²) in [6.07, 6.45) is 5.64. The van der Waals surface area contributed by atoms with E-state index in [1.165, 1.54) is 34.9 Å². The molecule has 1 aliphatic carbocycles. The number of fused-ring (bicyclic) bond motifs is 3. The maximum absolute atomic E-state index is 4.66. The van der Waals surface area contributed by atoms with Crippen LogP contribution in [0.4, 0.5) is 0 Å². The Balaban J connectivity index is 2.10. The van der Waals surface area contributed by atoms with Crippen molar-refractivity contribution in [1.82, 2.24) is 4.98 Å². The fourth-order valence-electron chi connectivity index (χ4n) is 3.11. The highest BCUT2D eigenvalue weighted by molar-refractivity contribution is 5.85. The number of aromatic nitrogens is 1. The summed E-state index contributed by atoms with van der Waals surface area (Å²) in [5.41, 5.74) is 3.22. The topological polar surface area (TPSA) is 12.9 Å². The lowest BCUT2D eigenvalue weighted by Gasteiger charge is -2.35. The number of hydrogen-bond acceptors (Lipinski definition) is 1. The Kier molecular flexibility index (Phi) is 2.65. The minimum absolute atomic E-state index is 0.397. The van der Waals surface area contributed by atoms with Gasteiger partial charge in [-0.05, 0) is 41.5 Å². The zero-order chi connectivity index (χ0) is 12.8. The van der Waals surface area contributed by atoms with E-state index in [0.29, 0.717) is 5.41 Å². The second-order valence-electron chi connectivity index (χ2n) is 6.58. The minimum Gasteiger partial charge on any atom is -0.260 e. The van der Waals surface area contributed by atoms with E-state index in [1.807, 2.05) is 6.20 Å². The van der Waals surface area contributed by atoms with Crippen LogP contribution >= 0.6 is 0 Å². The van der Waals surface area contributed by atoms with Crippen molar-refractivity contribution in [2.75, 3.05) is 0 Å². The lowest BCUT2D eigenvalue weighted by molar-refractivity contribution is 0.215. The van der Waals surface area contributed by atoms with Crippen molar-refractivity contribution in [2.45, 2.75) is 40.0 Å². The molecule has 3 rings (SSSR count). The van der Waals surface area contributed by atoms with E-state index in [-0.39, 0.29) is 0 Å². The fourth-order valence-corrected chi connectivity index (χ4v) is 3.11. The first kappa shape index (κ1) is 11.7. The van der Waals surface area contributed by atoms with E-state index >= 15 is 0 Å². The predicted molar refractivity (Wildman–Crippen MR) is 76.7 cm³/mol. The molecule has 1 atom stereocenters. The highest BCUT2D eigenvalue weighted by Crippen LogP contribution is 2.38. The average molecular weight is 239 g/mol.